The second-order valence-corrected chi connectivity index (χ2v) is 9.09. The molecule has 1 N–H and O–H groups in total. The highest BCUT2D eigenvalue weighted by Crippen LogP contribution is 2.28. The number of methoxy groups -OCH3 is 1. The Morgan fingerprint density at radius 2 is 1.64 bits per heavy atom. The number of hydrogen-bond donors (Lipinski definition) is 1. The number of benzene rings is 3. The van der Waals surface area contributed by atoms with E-state index in [0.29, 0.717) is 22.4 Å². The number of nitrogens with one attached hydrogen (secondary N) is 1. The first-order chi connectivity index (χ1) is 15.7. The molecule has 0 fully saturated rings. The van der Waals surface area contributed by atoms with Crippen LogP contribution in [0.1, 0.15) is 31.9 Å². The van der Waals surface area contributed by atoms with Crippen molar-refractivity contribution in [3.05, 3.63) is 94.1 Å². The highest BCUT2D eigenvalue weighted by Gasteiger charge is 2.14. The van der Waals surface area contributed by atoms with Gasteiger partial charge in [-0.3, -0.25) is 9.59 Å². The SMILES string of the molecule is COc1ccc(CC(=O)Nc2ccc3oc(-c4ccc(C(C)(C)C)cc4)cc(=O)c3c2)cc1. The molecule has 1 amide bonds. The first-order valence-electron chi connectivity index (χ1n) is 10.8. The number of carbonyl (C=O) groups excluding carboxylic acids is 1. The molecule has 1 aromatic heterocycles. The van der Waals surface area contributed by atoms with Gasteiger partial charge < -0.3 is 14.5 Å². The van der Waals surface area contributed by atoms with Gasteiger partial charge in [-0.2, -0.15) is 0 Å². The summed E-state index contributed by atoms with van der Waals surface area (Å²) in [5, 5.41) is 3.28. The average Bonchev–Trinajstić information content (AvgIpc) is 2.79. The first kappa shape index (κ1) is 22.3. The van der Waals surface area contributed by atoms with Crippen molar-refractivity contribution in [1.82, 2.24) is 0 Å². The number of fused-ring (bicyclic) bond motifs is 1. The molecule has 0 aliphatic carbocycles. The molecule has 0 aliphatic rings. The molecule has 0 atom stereocenters. The molecule has 3 aromatic carbocycles. The van der Waals surface area contributed by atoms with E-state index in [4.69, 9.17) is 9.15 Å². The summed E-state index contributed by atoms with van der Waals surface area (Å²) in [4.78, 5) is 25.3. The van der Waals surface area contributed by atoms with Crippen molar-refractivity contribution >= 4 is 22.6 Å². The molecular weight excluding hydrogens is 414 g/mol. The number of amides is 1. The number of ether oxygens (including phenoxy) is 1. The minimum atomic E-state index is -0.167. The summed E-state index contributed by atoms with van der Waals surface area (Å²) in [5.41, 5.74) is 3.86. The van der Waals surface area contributed by atoms with Gasteiger partial charge in [-0.25, -0.2) is 0 Å². The number of anilines is 1. The summed E-state index contributed by atoms with van der Waals surface area (Å²) in [6, 6.07) is 22.0. The fourth-order valence-corrected chi connectivity index (χ4v) is 3.64. The van der Waals surface area contributed by atoms with E-state index in [1.165, 1.54) is 11.6 Å². The van der Waals surface area contributed by atoms with Crippen LogP contribution in [-0.2, 0) is 16.6 Å². The Morgan fingerprint density at radius 3 is 2.27 bits per heavy atom. The van der Waals surface area contributed by atoms with Crippen molar-refractivity contribution in [3.8, 4) is 17.1 Å². The van der Waals surface area contributed by atoms with Gasteiger partial charge in [-0.15, -0.1) is 0 Å². The van der Waals surface area contributed by atoms with Crippen LogP contribution in [0.15, 0.2) is 82.0 Å². The van der Waals surface area contributed by atoms with Gasteiger partial charge >= 0.3 is 0 Å². The standard InChI is InChI=1S/C28H27NO4/c1-28(2,3)20-9-7-19(8-10-20)26-17-24(30)23-16-21(11-14-25(23)33-26)29-27(31)15-18-5-12-22(32-4)13-6-18/h5-14,16-17H,15H2,1-4H3,(H,29,31). The van der Waals surface area contributed by atoms with E-state index < -0.39 is 0 Å². The van der Waals surface area contributed by atoms with Gasteiger partial charge in [-0.05, 0) is 46.9 Å². The van der Waals surface area contributed by atoms with Crippen molar-refractivity contribution in [2.45, 2.75) is 32.6 Å². The maximum atomic E-state index is 12.8. The van der Waals surface area contributed by atoms with Crippen LogP contribution in [0.3, 0.4) is 0 Å². The second-order valence-electron chi connectivity index (χ2n) is 9.09. The van der Waals surface area contributed by atoms with Crippen molar-refractivity contribution < 1.29 is 13.9 Å². The maximum absolute atomic E-state index is 12.8. The van der Waals surface area contributed by atoms with Crippen LogP contribution < -0.4 is 15.5 Å². The molecule has 0 radical (unpaired) electrons. The van der Waals surface area contributed by atoms with Crippen LogP contribution in [-0.4, -0.2) is 13.0 Å². The molecule has 4 aromatic rings. The van der Waals surface area contributed by atoms with Gasteiger partial charge in [0.05, 0.1) is 18.9 Å². The lowest BCUT2D eigenvalue weighted by atomic mass is 9.86. The summed E-state index contributed by atoms with van der Waals surface area (Å²) in [6.45, 7) is 6.47. The molecule has 5 nitrogen and oxygen atoms in total. The fraction of sp³-hybridized carbons (Fsp3) is 0.214. The first-order valence-corrected chi connectivity index (χ1v) is 10.8. The Labute approximate surface area is 193 Å². The highest BCUT2D eigenvalue weighted by molar-refractivity contribution is 5.94. The van der Waals surface area contributed by atoms with Crippen molar-refractivity contribution in [1.29, 1.82) is 0 Å². The lowest BCUT2D eigenvalue weighted by Crippen LogP contribution is -2.14. The summed E-state index contributed by atoms with van der Waals surface area (Å²) < 4.78 is 11.1. The van der Waals surface area contributed by atoms with Crippen molar-refractivity contribution in [2.75, 3.05) is 12.4 Å². The van der Waals surface area contributed by atoms with Crippen LogP contribution in [0.5, 0.6) is 5.75 Å². The predicted octanol–water partition coefficient (Wildman–Crippen LogP) is 5.95. The molecule has 0 spiro atoms. The summed E-state index contributed by atoms with van der Waals surface area (Å²) in [5.74, 6) is 1.09. The van der Waals surface area contributed by atoms with E-state index in [-0.39, 0.29) is 23.2 Å². The highest BCUT2D eigenvalue weighted by atomic mass is 16.5. The molecule has 0 bridgehead atoms. The van der Waals surface area contributed by atoms with Crippen molar-refractivity contribution in [3.63, 3.8) is 0 Å². The smallest absolute Gasteiger partial charge is 0.228 e. The van der Waals surface area contributed by atoms with Gasteiger partial charge in [0.1, 0.15) is 17.1 Å². The third kappa shape index (κ3) is 5.14. The average molecular weight is 442 g/mol. The third-order valence-corrected chi connectivity index (χ3v) is 5.57. The van der Waals surface area contributed by atoms with Gasteiger partial charge in [-0.1, -0.05) is 57.2 Å². The fourth-order valence-electron chi connectivity index (χ4n) is 3.64. The Morgan fingerprint density at radius 1 is 0.939 bits per heavy atom. The van der Waals surface area contributed by atoms with Gasteiger partial charge in [0.15, 0.2) is 5.43 Å². The van der Waals surface area contributed by atoms with E-state index in [0.717, 1.165) is 16.9 Å². The maximum Gasteiger partial charge on any atom is 0.228 e. The quantitative estimate of drug-likeness (QED) is 0.416. The van der Waals surface area contributed by atoms with Crippen molar-refractivity contribution in [2.24, 2.45) is 0 Å². The van der Waals surface area contributed by atoms with Crippen LogP contribution in [0.2, 0.25) is 0 Å². The van der Waals surface area contributed by atoms with E-state index in [1.807, 2.05) is 36.4 Å². The number of hydrogen-bond acceptors (Lipinski definition) is 4. The largest absolute Gasteiger partial charge is 0.497 e. The molecule has 33 heavy (non-hydrogen) atoms. The molecule has 5 heteroatoms. The topological polar surface area (TPSA) is 68.5 Å². The molecule has 168 valence electrons. The summed E-state index contributed by atoms with van der Waals surface area (Å²) in [7, 11) is 1.60. The summed E-state index contributed by atoms with van der Waals surface area (Å²) in [6.07, 6.45) is 0.222. The zero-order valence-electron chi connectivity index (χ0n) is 19.3. The molecule has 0 saturated heterocycles. The molecule has 0 aliphatic heterocycles. The Bertz CT molecular complexity index is 1340. The number of rotatable bonds is 5. The molecular formula is C28H27NO4. The van der Waals surface area contributed by atoms with Crippen LogP contribution >= 0.6 is 0 Å². The van der Waals surface area contributed by atoms with Crippen LogP contribution in [0.25, 0.3) is 22.3 Å². The molecule has 1 heterocycles. The number of carbonyl (C=O) groups is 1. The third-order valence-electron chi connectivity index (χ3n) is 5.57. The van der Waals surface area contributed by atoms with Gasteiger partial charge in [0.2, 0.25) is 5.91 Å². The van der Waals surface area contributed by atoms with Crippen LogP contribution in [0, 0.1) is 0 Å². The monoisotopic (exact) mass is 441 g/mol. The predicted molar refractivity (Wildman–Crippen MR) is 132 cm³/mol. The Kier molecular flexibility index (Phi) is 6.05. The zero-order valence-corrected chi connectivity index (χ0v) is 19.3. The molecule has 0 unspecified atom stereocenters. The Balaban J connectivity index is 1.54. The summed E-state index contributed by atoms with van der Waals surface area (Å²) >= 11 is 0. The lowest BCUT2D eigenvalue weighted by Gasteiger charge is -2.19. The molecule has 0 saturated carbocycles. The van der Waals surface area contributed by atoms with Crippen LogP contribution in [0.4, 0.5) is 5.69 Å². The minimum Gasteiger partial charge on any atom is -0.497 e. The normalized spacial score (nSPS) is 11.4. The van der Waals surface area contributed by atoms with Gasteiger partial charge in [0.25, 0.3) is 0 Å². The van der Waals surface area contributed by atoms with E-state index in [2.05, 4.69) is 38.2 Å². The van der Waals surface area contributed by atoms with E-state index in [1.54, 1.807) is 25.3 Å². The van der Waals surface area contributed by atoms with E-state index in [9.17, 15) is 9.59 Å². The minimum absolute atomic E-state index is 0.0525. The second kappa shape index (κ2) is 8.94. The van der Waals surface area contributed by atoms with Gasteiger partial charge in [0, 0.05) is 17.3 Å². The zero-order chi connectivity index (χ0) is 23.6. The Hall–Kier alpha value is -3.86. The lowest BCUT2D eigenvalue weighted by molar-refractivity contribution is -0.115. The van der Waals surface area contributed by atoms with E-state index >= 15 is 0 Å². The molecule has 4 rings (SSSR count).